The van der Waals surface area contributed by atoms with Crippen LogP contribution in [0.3, 0.4) is 0 Å². The molecule has 5 rings (SSSR count). The van der Waals surface area contributed by atoms with Crippen LogP contribution < -0.4 is 5.32 Å². The first-order chi connectivity index (χ1) is 14.5. The van der Waals surface area contributed by atoms with E-state index in [0.717, 1.165) is 54.1 Å². The van der Waals surface area contributed by atoms with Gasteiger partial charge in [0.1, 0.15) is 0 Å². The molecule has 4 saturated carbocycles. The minimum atomic E-state index is 0.0563. The van der Waals surface area contributed by atoms with Crippen molar-refractivity contribution in [3.8, 4) is 0 Å². The molecule has 0 radical (unpaired) electrons. The molecule has 30 heavy (non-hydrogen) atoms. The maximum absolute atomic E-state index is 13.1. The first-order valence-corrected chi connectivity index (χ1v) is 12.8. The summed E-state index contributed by atoms with van der Waals surface area (Å²) in [4.78, 5) is 28.9. The predicted molar refractivity (Wildman–Crippen MR) is 123 cm³/mol. The van der Waals surface area contributed by atoms with E-state index in [4.69, 9.17) is 0 Å². The van der Waals surface area contributed by atoms with Gasteiger partial charge >= 0.3 is 0 Å². The molecule has 164 valence electrons. The van der Waals surface area contributed by atoms with E-state index in [1.54, 1.807) is 0 Å². The lowest BCUT2D eigenvalue weighted by Gasteiger charge is -2.56. The number of rotatable bonds is 9. The Hall–Kier alpha value is -1.49. The molecule has 5 heteroatoms. The van der Waals surface area contributed by atoms with Gasteiger partial charge in [0.05, 0.1) is 11.3 Å². The molecule has 0 heterocycles. The molecule has 0 aromatic heterocycles. The summed E-state index contributed by atoms with van der Waals surface area (Å²) < 4.78 is 0. The Kier molecular flexibility index (Phi) is 6.76. The largest absolute Gasteiger partial charge is 0.350 e. The Balaban J connectivity index is 1.38. The second-order valence-electron chi connectivity index (χ2n) is 9.82. The highest BCUT2D eigenvalue weighted by Gasteiger charge is 2.51. The zero-order valence-electron chi connectivity index (χ0n) is 18.5. The first-order valence-electron chi connectivity index (χ1n) is 11.8. The minimum absolute atomic E-state index is 0.0563. The summed E-state index contributed by atoms with van der Waals surface area (Å²) in [5, 5.41) is 3.45. The SMILES string of the molecule is CCCN(CCC)C(=O)c1ccccc1SCC(=O)NC12CC3CC(CC(C3)C1)C2. The number of hydrogen-bond acceptors (Lipinski definition) is 3. The van der Waals surface area contributed by atoms with Crippen LogP contribution in [0.4, 0.5) is 0 Å². The third kappa shape index (κ3) is 4.71. The van der Waals surface area contributed by atoms with Gasteiger partial charge in [-0.1, -0.05) is 26.0 Å². The van der Waals surface area contributed by atoms with E-state index >= 15 is 0 Å². The Bertz CT molecular complexity index is 737. The van der Waals surface area contributed by atoms with Gasteiger partial charge in [-0.15, -0.1) is 11.8 Å². The monoisotopic (exact) mass is 428 g/mol. The van der Waals surface area contributed by atoms with Gasteiger partial charge in [0, 0.05) is 23.5 Å². The highest BCUT2D eigenvalue weighted by molar-refractivity contribution is 8.00. The van der Waals surface area contributed by atoms with E-state index in [1.165, 1.54) is 50.3 Å². The fraction of sp³-hybridized carbons (Fsp3) is 0.680. The van der Waals surface area contributed by atoms with E-state index in [0.29, 0.717) is 5.75 Å². The first kappa shape index (κ1) is 21.7. The summed E-state index contributed by atoms with van der Waals surface area (Å²) in [7, 11) is 0. The Morgan fingerprint density at radius 3 is 2.13 bits per heavy atom. The van der Waals surface area contributed by atoms with Crippen molar-refractivity contribution in [1.29, 1.82) is 0 Å². The lowest BCUT2D eigenvalue weighted by molar-refractivity contribution is -0.124. The molecule has 1 N–H and O–H groups in total. The van der Waals surface area contributed by atoms with Gasteiger partial charge in [0.2, 0.25) is 5.91 Å². The number of nitrogens with zero attached hydrogens (tertiary/aromatic N) is 1. The molecule has 0 unspecified atom stereocenters. The molecule has 0 spiro atoms. The van der Waals surface area contributed by atoms with Gasteiger partial charge in [0.25, 0.3) is 5.91 Å². The van der Waals surface area contributed by atoms with Crippen molar-refractivity contribution in [3.63, 3.8) is 0 Å². The van der Waals surface area contributed by atoms with Crippen LogP contribution in [0.5, 0.6) is 0 Å². The van der Waals surface area contributed by atoms with Crippen LogP contribution in [0.25, 0.3) is 0 Å². The van der Waals surface area contributed by atoms with Crippen LogP contribution >= 0.6 is 11.8 Å². The van der Waals surface area contributed by atoms with Gasteiger partial charge in [-0.05, 0) is 81.3 Å². The van der Waals surface area contributed by atoms with Gasteiger partial charge in [-0.25, -0.2) is 0 Å². The van der Waals surface area contributed by atoms with E-state index in [-0.39, 0.29) is 17.4 Å². The van der Waals surface area contributed by atoms with Crippen molar-refractivity contribution in [2.75, 3.05) is 18.8 Å². The molecule has 0 atom stereocenters. The number of carbonyl (C=O) groups excluding carboxylic acids is 2. The average Bonchev–Trinajstić information content (AvgIpc) is 2.70. The smallest absolute Gasteiger partial charge is 0.254 e. The molecule has 4 aliphatic carbocycles. The van der Waals surface area contributed by atoms with Crippen molar-refractivity contribution >= 4 is 23.6 Å². The van der Waals surface area contributed by atoms with Crippen LogP contribution in [0, 0.1) is 17.8 Å². The lowest BCUT2D eigenvalue weighted by atomic mass is 9.53. The van der Waals surface area contributed by atoms with Gasteiger partial charge in [-0.2, -0.15) is 0 Å². The van der Waals surface area contributed by atoms with Crippen LogP contribution in [0.1, 0.15) is 75.6 Å². The molecule has 1 aromatic rings. The molecule has 1 aromatic carbocycles. The van der Waals surface area contributed by atoms with E-state index in [2.05, 4.69) is 19.2 Å². The van der Waals surface area contributed by atoms with Gasteiger partial charge in [-0.3, -0.25) is 9.59 Å². The van der Waals surface area contributed by atoms with Crippen LogP contribution in [0.15, 0.2) is 29.2 Å². The molecular formula is C25H36N2O2S. The fourth-order valence-electron chi connectivity index (χ4n) is 6.53. The van der Waals surface area contributed by atoms with E-state index < -0.39 is 0 Å². The summed E-state index contributed by atoms with van der Waals surface area (Å²) in [6, 6.07) is 7.76. The molecule has 2 amide bonds. The molecule has 4 aliphatic rings. The van der Waals surface area contributed by atoms with Crippen molar-refractivity contribution in [1.82, 2.24) is 10.2 Å². The summed E-state index contributed by atoms with van der Waals surface area (Å²) in [6.07, 6.45) is 9.57. The normalized spacial score (nSPS) is 29.1. The van der Waals surface area contributed by atoms with Crippen molar-refractivity contribution in [3.05, 3.63) is 29.8 Å². The zero-order valence-corrected chi connectivity index (χ0v) is 19.3. The summed E-state index contributed by atoms with van der Waals surface area (Å²) in [5.74, 6) is 3.07. The number of carbonyl (C=O) groups is 2. The summed E-state index contributed by atoms with van der Waals surface area (Å²) in [6.45, 7) is 5.76. The standard InChI is InChI=1S/C25H36N2O2S/c1-3-9-27(10-4-2)24(29)21-7-5-6-8-22(21)30-17-23(28)26-25-14-18-11-19(15-25)13-20(12-18)16-25/h5-8,18-20H,3-4,9-17H2,1-2H3,(H,26,28). The average molecular weight is 429 g/mol. The fourth-order valence-corrected chi connectivity index (χ4v) is 7.38. The highest BCUT2D eigenvalue weighted by atomic mass is 32.2. The second-order valence-corrected chi connectivity index (χ2v) is 10.8. The Labute approximate surface area is 185 Å². The third-order valence-corrected chi connectivity index (χ3v) is 8.27. The molecule has 4 nitrogen and oxygen atoms in total. The maximum atomic E-state index is 13.1. The predicted octanol–water partition coefficient (Wildman–Crippen LogP) is 5.13. The van der Waals surface area contributed by atoms with Crippen molar-refractivity contribution < 1.29 is 9.59 Å². The number of thioether (sulfide) groups is 1. The zero-order chi connectivity index (χ0) is 21.1. The Morgan fingerprint density at radius 2 is 1.57 bits per heavy atom. The number of nitrogens with one attached hydrogen (secondary N) is 1. The molecular weight excluding hydrogens is 392 g/mol. The van der Waals surface area contributed by atoms with Gasteiger partial charge < -0.3 is 10.2 Å². The molecule has 4 fully saturated rings. The van der Waals surface area contributed by atoms with Crippen LogP contribution in [-0.2, 0) is 4.79 Å². The summed E-state index contributed by atoms with van der Waals surface area (Å²) >= 11 is 1.51. The molecule has 0 saturated heterocycles. The van der Waals surface area contributed by atoms with Gasteiger partial charge in [0.15, 0.2) is 0 Å². The molecule has 0 aliphatic heterocycles. The minimum Gasteiger partial charge on any atom is -0.350 e. The topological polar surface area (TPSA) is 49.4 Å². The maximum Gasteiger partial charge on any atom is 0.254 e. The molecule has 4 bridgehead atoms. The second kappa shape index (κ2) is 9.33. The number of amides is 2. The van der Waals surface area contributed by atoms with E-state index in [1.807, 2.05) is 29.2 Å². The lowest BCUT2D eigenvalue weighted by Crippen LogP contribution is -2.60. The van der Waals surface area contributed by atoms with Crippen LogP contribution in [0.2, 0.25) is 0 Å². The van der Waals surface area contributed by atoms with E-state index in [9.17, 15) is 9.59 Å². The Morgan fingerprint density at radius 1 is 1.00 bits per heavy atom. The number of hydrogen-bond donors (Lipinski definition) is 1. The quantitative estimate of drug-likeness (QED) is 0.555. The third-order valence-electron chi connectivity index (χ3n) is 7.19. The van der Waals surface area contributed by atoms with Crippen molar-refractivity contribution in [2.45, 2.75) is 75.6 Å². The van der Waals surface area contributed by atoms with Crippen molar-refractivity contribution in [2.24, 2.45) is 17.8 Å². The number of benzene rings is 1. The summed E-state index contributed by atoms with van der Waals surface area (Å²) in [5.41, 5.74) is 0.785. The highest BCUT2D eigenvalue weighted by Crippen LogP contribution is 2.55. The van der Waals surface area contributed by atoms with Crippen LogP contribution in [-0.4, -0.2) is 41.1 Å².